The second-order valence-corrected chi connectivity index (χ2v) is 4.68. The molecule has 1 fully saturated rings. The Hall–Kier alpha value is -1.36. The van der Waals surface area contributed by atoms with Gasteiger partial charge in [-0.15, -0.1) is 0 Å². The van der Waals surface area contributed by atoms with E-state index in [0.29, 0.717) is 11.5 Å². The van der Waals surface area contributed by atoms with Crippen molar-refractivity contribution in [3.8, 4) is 0 Å². The number of rotatable bonds is 2. The van der Waals surface area contributed by atoms with Crippen LogP contribution in [0.5, 0.6) is 0 Å². The zero-order valence-electron chi connectivity index (χ0n) is 10.3. The maximum absolute atomic E-state index is 12.3. The van der Waals surface area contributed by atoms with Gasteiger partial charge in [-0.05, 0) is 33.1 Å². The second-order valence-electron chi connectivity index (χ2n) is 4.68. The van der Waals surface area contributed by atoms with Gasteiger partial charge in [0.1, 0.15) is 5.76 Å². The number of carbonyl (C=O) groups is 1. The molecule has 1 aromatic heterocycles. The number of aryl methyl sites for hydroxylation is 1. The Morgan fingerprint density at radius 3 is 3.00 bits per heavy atom. The highest BCUT2D eigenvalue weighted by molar-refractivity contribution is 5.93. The van der Waals surface area contributed by atoms with Gasteiger partial charge in [0, 0.05) is 18.6 Å². The van der Waals surface area contributed by atoms with Crippen LogP contribution in [0.4, 0.5) is 0 Å². The SMILES string of the molecule is Cc1ocnc1C(=O)N1CCCCC1C(C)N. The average Bonchev–Trinajstić information content (AvgIpc) is 2.74. The van der Waals surface area contributed by atoms with Crippen LogP contribution < -0.4 is 5.73 Å². The molecule has 2 heterocycles. The molecule has 1 saturated heterocycles. The highest BCUT2D eigenvalue weighted by Crippen LogP contribution is 2.21. The summed E-state index contributed by atoms with van der Waals surface area (Å²) in [6.45, 7) is 4.47. The molecule has 2 rings (SSSR count). The average molecular weight is 237 g/mol. The Morgan fingerprint density at radius 2 is 2.41 bits per heavy atom. The minimum absolute atomic E-state index is 0.00791. The number of amides is 1. The lowest BCUT2D eigenvalue weighted by Gasteiger charge is -2.37. The number of oxazole rings is 1. The number of hydrogen-bond donors (Lipinski definition) is 1. The van der Waals surface area contributed by atoms with E-state index in [2.05, 4.69) is 4.98 Å². The number of aromatic nitrogens is 1. The van der Waals surface area contributed by atoms with E-state index in [1.165, 1.54) is 6.39 Å². The maximum atomic E-state index is 12.3. The Morgan fingerprint density at radius 1 is 1.65 bits per heavy atom. The first-order chi connectivity index (χ1) is 8.11. The minimum Gasteiger partial charge on any atom is -0.448 e. The van der Waals surface area contributed by atoms with Crippen LogP contribution >= 0.6 is 0 Å². The van der Waals surface area contributed by atoms with Gasteiger partial charge >= 0.3 is 0 Å². The number of piperidine rings is 1. The lowest BCUT2D eigenvalue weighted by molar-refractivity contribution is 0.0576. The van der Waals surface area contributed by atoms with Crippen LogP contribution in [-0.4, -0.2) is 34.4 Å². The van der Waals surface area contributed by atoms with Gasteiger partial charge in [-0.3, -0.25) is 4.79 Å². The largest absolute Gasteiger partial charge is 0.448 e. The third-order valence-corrected chi connectivity index (χ3v) is 3.36. The first-order valence-electron chi connectivity index (χ1n) is 6.08. The van der Waals surface area contributed by atoms with Crippen LogP contribution in [0.15, 0.2) is 10.8 Å². The van der Waals surface area contributed by atoms with Crippen LogP contribution in [0.3, 0.4) is 0 Å². The summed E-state index contributed by atoms with van der Waals surface area (Å²) in [6, 6.07) is 0.110. The fourth-order valence-electron chi connectivity index (χ4n) is 2.40. The standard InChI is InChI=1S/C12H19N3O2/c1-8(13)10-5-3-4-6-15(10)12(16)11-9(2)17-7-14-11/h7-8,10H,3-6,13H2,1-2H3. The second kappa shape index (κ2) is 4.87. The molecule has 0 radical (unpaired) electrons. The van der Waals surface area contributed by atoms with Crippen molar-refractivity contribution < 1.29 is 9.21 Å². The minimum atomic E-state index is -0.0572. The number of hydrogen-bond acceptors (Lipinski definition) is 4. The van der Waals surface area contributed by atoms with Crippen LogP contribution in [-0.2, 0) is 0 Å². The van der Waals surface area contributed by atoms with Crippen molar-refractivity contribution in [1.82, 2.24) is 9.88 Å². The van der Waals surface area contributed by atoms with Gasteiger partial charge in [-0.1, -0.05) is 0 Å². The number of nitrogens with two attached hydrogens (primary N) is 1. The summed E-state index contributed by atoms with van der Waals surface area (Å²) in [5, 5.41) is 0. The van der Waals surface area contributed by atoms with Gasteiger partial charge in [0.25, 0.3) is 5.91 Å². The first kappa shape index (κ1) is 12.1. The van der Waals surface area contributed by atoms with Crippen molar-refractivity contribution >= 4 is 5.91 Å². The van der Waals surface area contributed by atoms with Crippen LogP contribution in [0.2, 0.25) is 0 Å². The lowest BCUT2D eigenvalue weighted by atomic mass is 9.96. The topological polar surface area (TPSA) is 72.4 Å². The van der Waals surface area contributed by atoms with Gasteiger partial charge in [-0.25, -0.2) is 4.98 Å². The predicted octanol–water partition coefficient (Wildman–Crippen LogP) is 1.32. The van der Waals surface area contributed by atoms with Crippen molar-refractivity contribution in [2.45, 2.75) is 45.2 Å². The molecule has 5 nitrogen and oxygen atoms in total. The smallest absolute Gasteiger partial charge is 0.276 e. The predicted molar refractivity (Wildman–Crippen MR) is 63.6 cm³/mol. The molecule has 0 aromatic carbocycles. The van der Waals surface area contributed by atoms with Gasteiger partial charge < -0.3 is 15.1 Å². The molecule has 1 aliphatic rings. The van der Waals surface area contributed by atoms with Crippen LogP contribution in [0, 0.1) is 6.92 Å². The van der Waals surface area contributed by atoms with E-state index in [9.17, 15) is 4.79 Å². The third kappa shape index (κ3) is 2.34. The molecule has 0 spiro atoms. The molecule has 0 bridgehead atoms. The monoisotopic (exact) mass is 237 g/mol. The zero-order valence-corrected chi connectivity index (χ0v) is 10.3. The van der Waals surface area contributed by atoms with Crippen LogP contribution in [0.1, 0.15) is 42.4 Å². The van der Waals surface area contributed by atoms with E-state index in [4.69, 9.17) is 10.2 Å². The quantitative estimate of drug-likeness (QED) is 0.842. The number of nitrogens with zero attached hydrogens (tertiary/aromatic N) is 2. The van der Waals surface area contributed by atoms with E-state index in [-0.39, 0.29) is 18.0 Å². The summed E-state index contributed by atoms with van der Waals surface area (Å²) >= 11 is 0. The molecule has 2 atom stereocenters. The molecule has 5 heteroatoms. The van der Waals surface area contributed by atoms with E-state index in [1.807, 2.05) is 11.8 Å². The molecular weight excluding hydrogens is 218 g/mol. The molecule has 17 heavy (non-hydrogen) atoms. The summed E-state index contributed by atoms with van der Waals surface area (Å²) in [7, 11) is 0. The molecule has 0 saturated carbocycles. The number of carbonyl (C=O) groups excluding carboxylic acids is 1. The van der Waals surface area contributed by atoms with Gasteiger partial charge in [0.05, 0.1) is 0 Å². The molecule has 1 aliphatic heterocycles. The normalized spacial score (nSPS) is 22.5. The highest BCUT2D eigenvalue weighted by atomic mass is 16.3. The fraction of sp³-hybridized carbons (Fsp3) is 0.667. The van der Waals surface area contributed by atoms with E-state index >= 15 is 0 Å². The molecular formula is C12H19N3O2. The van der Waals surface area contributed by atoms with Gasteiger partial charge in [0.15, 0.2) is 12.1 Å². The van der Waals surface area contributed by atoms with Crippen molar-refractivity contribution in [2.24, 2.45) is 5.73 Å². The Bertz CT molecular complexity index is 400. The fourth-order valence-corrected chi connectivity index (χ4v) is 2.40. The van der Waals surface area contributed by atoms with E-state index in [1.54, 1.807) is 6.92 Å². The maximum Gasteiger partial charge on any atom is 0.276 e. The first-order valence-corrected chi connectivity index (χ1v) is 6.08. The molecule has 1 aromatic rings. The summed E-state index contributed by atoms with van der Waals surface area (Å²) < 4.78 is 5.08. The van der Waals surface area contributed by atoms with Crippen molar-refractivity contribution in [3.63, 3.8) is 0 Å². The molecule has 1 amide bonds. The van der Waals surface area contributed by atoms with Gasteiger partial charge in [-0.2, -0.15) is 0 Å². The van der Waals surface area contributed by atoms with Crippen molar-refractivity contribution in [1.29, 1.82) is 0 Å². The summed E-state index contributed by atoms with van der Waals surface area (Å²) in [6.07, 6.45) is 4.45. The Balaban J connectivity index is 2.20. The molecule has 0 aliphatic carbocycles. The van der Waals surface area contributed by atoms with Crippen molar-refractivity contribution in [2.75, 3.05) is 6.54 Å². The van der Waals surface area contributed by atoms with Crippen molar-refractivity contribution in [3.05, 3.63) is 17.8 Å². The zero-order chi connectivity index (χ0) is 12.4. The molecule has 94 valence electrons. The van der Waals surface area contributed by atoms with Crippen LogP contribution in [0.25, 0.3) is 0 Å². The lowest BCUT2D eigenvalue weighted by Crippen LogP contribution is -2.51. The molecule has 2 N–H and O–H groups in total. The summed E-state index contributed by atoms with van der Waals surface area (Å²) in [5.41, 5.74) is 6.36. The Kier molecular flexibility index (Phi) is 3.47. The Labute approximate surface area is 101 Å². The summed E-state index contributed by atoms with van der Waals surface area (Å²) in [4.78, 5) is 18.2. The third-order valence-electron chi connectivity index (χ3n) is 3.36. The van der Waals surface area contributed by atoms with Gasteiger partial charge in [0.2, 0.25) is 0 Å². The molecule has 2 unspecified atom stereocenters. The number of likely N-dealkylation sites (tertiary alicyclic amines) is 1. The van der Waals surface area contributed by atoms with E-state index in [0.717, 1.165) is 25.8 Å². The van der Waals surface area contributed by atoms with E-state index < -0.39 is 0 Å². The highest BCUT2D eigenvalue weighted by Gasteiger charge is 2.31. The summed E-state index contributed by atoms with van der Waals surface area (Å²) in [5.74, 6) is 0.516.